The van der Waals surface area contributed by atoms with Crippen LogP contribution in [0.15, 0.2) is 78.9 Å². The smallest absolute Gasteiger partial charge is 0.314 e. The zero-order chi connectivity index (χ0) is 41.9. The van der Waals surface area contributed by atoms with Crippen LogP contribution in [0, 0.1) is 30.6 Å². The zero-order valence-corrected chi connectivity index (χ0v) is 34.8. The van der Waals surface area contributed by atoms with Gasteiger partial charge in [-0.15, -0.1) is 11.3 Å². The fourth-order valence-corrected chi connectivity index (χ4v) is 8.22. The predicted molar refractivity (Wildman–Crippen MR) is 222 cm³/mol. The topological polar surface area (TPSA) is 141 Å². The molecule has 0 saturated heterocycles. The minimum Gasteiger partial charge on any atom is -0.497 e. The molecule has 0 spiro atoms. The molecule has 0 N–H and O–H groups in total. The average Bonchev–Trinajstić information content (AvgIpc) is 3.70. The van der Waals surface area contributed by atoms with Crippen molar-refractivity contribution in [3.8, 4) is 28.7 Å². The summed E-state index contributed by atoms with van der Waals surface area (Å²) in [6.45, 7) is 2.07. The van der Waals surface area contributed by atoms with Gasteiger partial charge in [-0.2, -0.15) is 0 Å². The molecule has 6 rings (SSSR count). The van der Waals surface area contributed by atoms with Crippen LogP contribution in [0.5, 0.6) is 28.7 Å². The highest BCUT2D eigenvalue weighted by Crippen LogP contribution is 2.35. The normalized spacial score (nSPS) is 19.1. The van der Waals surface area contributed by atoms with E-state index in [0.29, 0.717) is 101 Å². The molecule has 0 aliphatic heterocycles. The van der Waals surface area contributed by atoms with Gasteiger partial charge in [0.15, 0.2) is 5.78 Å². The van der Waals surface area contributed by atoms with Crippen molar-refractivity contribution in [2.75, 3.05) is 20.8 Å². The number of carbonyl (C=O) groups excluding carboxylic acids is 5. The van der Waals surface area contributed by atoms with Crippen molar-refractivity contribution in [1.82, 2.24) is 0 Å². The third kappa shape index (κ3) is 11.8. The van der Waals surface area contributed by atoms with Crippen molar-refractivity contribution in [2.24, 2.45) is 23.7 Å². The predicted octanol–water partition coefficient (Wildman–Crippen LogP) is 9.44. The van der Waals surface area contributed by atoms with E-state index in [1.807, 2.05) is 25.1 Å². The van der Waals surface area contributed by atoms with E-state index < -0.39 is 11.9 Å². The maximum atomic E-state index is 13.2. The first-order chi connectivity index (χ1) is 28.5. The van der Waals surface area contributed by atoms with Crippen molar-refractivity contribution < 1.29 is 52.4 Å². The second kappa shape index (κ2) is 20.5. The third-order valence-electron chi connectivity index (χ3n) is 10.8. The Labute approximate surface area is 352 Å². The van der Waals surface area contributed by atoms with Crippen LogP contribution in [0.2, 0.25) is 4.34 Å². The molecule has 3 aromatic carbocycles. The van der Waals surface area contributed by atoms with Crippen molar-refractivity contribution >= 4 is 58.7 Å². The number of rotatable bonds is 15. The summed E-state index contributed by atoms with van der Waals surface area (Å²) in [5.74, 6) is -0.339. The Kier molecular flexibility index (Phi) is 15.0. The van der Waals surface area contributed by atoms with E-state index >= 15 is 0 Å². The molecule has 11 nitrogen and oxygen atoms in total. The number of halogens is 1. The summed E-state index contributed by atoms with van der Waals surface area (Å²) < 4.78 is 33.8. The second-order valence-corrected chi connectivity index (χ2v) is 16.5. The standard InChI is InChI=1S/C46H47ClO11S/c1-28-26-36(53-2)17-20-39(28)57-45(51)32-8-6-30(7-9-32)43(49)55-25-24-29-4-15-35(16-5-29)56-44(50)31-10-12-33(13-11-31)46(52)58-40-21-18-37(54-3)27-34(40)14-19-38(48)41-22-23-42(47)59-41/h4-5,14-23,26-27,30-33H,6-13,24-25H2,1-3H3/b19-14+. The molecular weight excluding hydrogens is 796 g/mol. The lowest BCUT2D eigenvalue weighted by Crippen LogP contribution is -2.30. The minimum atomic E-state index is -0.403. The van der Waals surface area contributed by atoms with Gasteiger partial charge in [0, 0.05) is 12.0 Å². The number of methoxy groups -OCH3 is 2. The van der Waals surface area contributed by atoms with Gasteiger partial charge >= 0.3 is 23.9 Å². The average molecular weight is 843 g/mol. The molecule has 4 aromatic rings. The van der Waals surface area contributed by atoms with Crippen LogP contribution < -0.4 is 23.7 Å². The fourth-order valence-electron chi connectivity index (χ4n) is 7.26. The highest BCUT2D eigenvalue weighted by atomic mass is 35.5. The van der Waals surface area contributed by atoms with Gasteiger partial charge in [0.05, 0.1) is 53.7 Å². The number of aryl methyl sites for hydroxylation is 1. The molecule has 13 heteroatoms. The lowest BCUT2D eigenvalue weighted by atomic mass is 9.82. The van der Waals surface area contributed by atoms with Gasteiger partial charge in [-0.05, 0) is 142 Å². The van der Waals surface area contributed by atoms with E-state index in [4.69, 9.17) is 40.0 Å². The molecule has 2 fully saturated rings. The highest BCUT2D eigenvalue weighted by Gasteiger charge is 2.34. The summed E-state index contributed by atoms with van der Waals surface area (Å²) in [5, 5.41) is 0. The molecule has 0 atom stereocenters. The first-order valence-corrected chi connectivity index (χ1v) is 20.9. The quantitative estimate of drug-likeness (QED) is 0.0489. The molecule has 2 saturated carbocycles. The summed E-state index contributed by atoms with van der Waals surface area (Å²) in [7, 11) is 3.11. The summed E-state index contributed by atoms with van der Waals surface area (Å²) >= 11 is 7.15. The molecule has 0 amide bonds. The molecule has 1 aromatic heterocycles. The van der Waals surface area contributed by atoms with E-state index in [1.54, 1.807) is 67.8 Å². The number of carbonyl (C=O) groups is 5. The molecule has 0 radical (unpaired) electrons. The molecule has 310 valence electrons. The van der Waals surface area contributed by atoms with Crippen LogP contribution in [0.4, 0.5) is 0 Å². The molecular formula is C46H47ClO11S. The van der Waals surface area contributed by atoms with Crippen LogP contribution in [0.1, 0.15) is 77.7 Å². The maximum absolute atomic E-state index is 13.2. The van der Waals surface area contributed by atoms with Crippen LogP contribution in [0.25, 0.3) is 6.08 Å². The number of thiophene rings is 1. The Morgan fingerprint density at radius 2 is 1.14 bits per heavy atom. The van der Waals surface area contributed by atoms with E-state index in [0.717, 1.165) is 11.1 Å². The molecule has 59 heavy (non-hydrogen) atoms. The Hall–Kier alpha value is -5.46. The number of hydrogen-bond acceptors (Lipinski definition) is 12. The zero-order valence-electron chi connectivity index (χ0n) is 33.2. The molecule has 0 bridgehead atoms. The van der Waals surface area contributed by atoms with Crippen LogP contribution in [0.3, 0.4) is 0 Å². The molecule has 2 aliphatic rings. The molecule has 0 unspecified atom stereocenters. The molecule has 1 heterocycles. The third-order valence-corrected chi connectivity index (χ3v) is 12.1. The Morgan fingerprint density at radius 1 is 0.627 bits per heavy atom. The summed E-state index contributed by atoms with van der Waals surface area (Å²) in [4.78, 5) is 65.0. The van der Waals surface area contributed by atoms with Gasteiger partial charge in [0.2, 0.25) is 0 Å². The van der Waals surface area contributed by atoms with Gasteiger partial charge < -0.3 is 28.4 Å². The van der Waals surface area contributed by atoms with Crippen molar-refractivity contribution in [1.29, 1.82) is 0 Å². The van der Waals surface area contributed by atoms with Gasteiger partial charge in [0.25, 0.3) is 0 Å². The van der Waals surface area contributed by atoms with Gasteiger partial charge in [0.1, 0.15) is 28.7 Å². The first-order valence-electron chi connectivity index (χ1n) is 19.7. The van der Waals surface area contributed by atoms with E-state index in [-0.39, 0.29) is 48.1 Å². The molecule has 2 aliphatic carbocycles. The minimum absolute atomic E-state index is 0.212. The van der Waals surface area contributed by atoms with E-state index in [9.17, 15) is 24.0 Å². The fraction of sp³-hybridized carbons (Fsp3) is 0.370. The van der Waals surface area contributed by atoms with E-state index in [2.05, 4.69) is 0 Å². The Morgan fingerprint density at radius 3 is 1.68 bits per heavy atom. The Bertz CT molecular complexity index is 2160. The highest BCUT2D eigenvalue weighted by molar-refractivity contribution is 7.18. The van der Waals surface area contributed by atoms with E-state index in [1.165, 1.54) is 24.5 Å². The van der Waals surface area contributed by atoms with Crippen molar-refractivity contribution in [3.63, 3.8) is 0 Å². The summed E-state index contributed by atoms with van der Waals surface area (Å²) in [5.41, 5.74) is 2.24. The Balaban J connectivity index is 0.893. The SMILES string of the molecule is COc1ccc(OC(=O)C2CCC(C(=O)OCCc3ccc(OC(=O)C4CCC(C(=O)Oc5ccc(OC)cc5/C=C/C(=O)c5ccc(Cl)s5)CC4)cc3)CC2)c(C)c1. The number of benzene rings is 3. The number of ketones is 1. The van der Waals surface area contributed by atoms with Crippen LogP contribution in [-0.2, 0) is 30.3 Å². The monoisotopic (exact) mass is 842 g/mol. The number of allylic oxidation sites excluding steroid dienone is 1. The van der Waals surface area contributed by atoms with Crippen LogP contribution >= 0.6 is 22.9 Å². The lowest BCUT2D eigenvalue weighted by molar-refractivity contribution is -0.152. The lowest BCUT2D eigenvalue weighted by Gasteiger charge is -2.26. The number of esters is 4. The maximum Gasteiger partial charge on any atom is 0.314 e. The number of hydrogen-bond donors (Lipinski definition) is 0. The van der Waals surface area contributed by atoms with Gasteiger partial charge in [-0.25, -0.2) is 0 Å². The summed E-state index contributed by atoms with van der Waals surface area (Å²) in [6.07, 6.45) is 7.61. The second-order valence-electron chi connectivity index (χ2n) is 14.8. The first kappa shape index (κ1) is 43.1. The van der Waals surface area contributed by atoms with Gasteiger partial charge in [-0.1, -0.05) is 23.7 Å². The largest absolute Gasteiger partial charge is 0.497 e. The van der Waals surface area contributed by atoms with Crippen molar-refractivity contribution in [2.45, 2.75) is 64.7 Å². The van der Waals surface area contributed by atoms with Gasteiger partial charge in [-0.3, -0.25) is 24.0 Å². The van der Waals surface area contributed by atoms with Crippen LogP contribution in [-0.4, -0.2) is 50.5 Å². The summed E-state index contributed by atoms with van der Waals surface area (Å²) in [6, 6.07) is 20.7. The van der Waals surface area contributed by atoms with Crippen molar-refractivity contribution in [3.05, 3.63) is 105 Å². The number of ether oxygens (including phenoxy) is 6.